The summed E-state index contributed by atoms with van der Waals surface area (Å²) in [6.07, 6.45) is 6.85. The summed E-state index contributed by atoms with van der Waals surface area (Å²) >= 11 is 0. The molecule has 1 amide bonds. The lowest BCUT2D eigenvalue weighted by atomic mass is 9.90. The van der Waals surface area contributed by atoms with Gasteiger partial charge in [-0.05, 0) is 61.1 Å². The number of carbonyl (C=O) groups excluding carboxylic acids is 2. The first-order valence-electron chi connectivity index (χ1n) is 12.2. The first-order valence-corrected chi connectivity index (χ1v) is 12.2. The van der Waals surface area contributed by atoms with E-state index in [1.54, 1.807) is 29.2 Å². The van der Waals surface area contributed by atoms with E-state index in [4.69, 9.17) is 4.74 Å². The van der Waals surface area contributed by atoms with Gasteiger partial charge < -0.3 is 14.7 Å². The number of carbonyl (C=O) groups is 2. The van der Waals surface area contributed by atoms with Crippen molar-refractivity contribution < 1.29 is 19.4 Å². The molecule has 1 saturated heterocycles. The lowest BCUT2D eigenvalue weighted by Crippen LogP contribution is -2.40. The number of aliphatic hydroxyl groups is 1. The van der Waals surface area contributed by atoms with Crippen molar-refractivity contribution in [3.05, 3.63) is 70.8 Å². The molecule has 5 heteroatoms. The molecule has 0 aromatic heterocycles. The molecule has 1 unspecified atom stereocenters. The summed E-state index contributed by atoms with van der Waals surface area (Å²) in [7, 11) is 0. The van der Waals surface area contributed by atoms with Crippen LogP contribution in [0.4, 0.5) is 0 Å². The third-order valence-electron chi connectivity index (χ3n) is 6.75. The van der Waals surface area contributed by atoms with Gasteiger partial charge in [0.05, 0.1) is 18.2 Å². The fourth-order valence-electron chi connectivity index (χ4n) is 4.93. The molecule has 1 atom stereocenters. The Bertz CT molecular complexity index is 1020. The number of aliphatic hydroxyl groups excluding tert-OH is 1. The Morgan fingerprint density at radius 1 is 0.970 bits per heavy atom. The first-order chi connectivity index (χ1) is 16.0. The summed E-state index contributed by atoms with van der Waals surface area (Å²) in [5.74, 6) is -0.522. The van der Waals surface area contributed by atoms with Crippen LogP contribution in [0.25, 0.3) is 5.76 Å². The van der Waals surface area contributed by atoms with Gasteiger partial charge in [-0.3, -0.25) is 9.59 Å². The van der Waals surface area contributed by atoms with Gasteiger partial charge in [-0.2, -0.15) is 0 Å². The third kappa shape index (κ3) is 4.68. The van der Waals surface area contributed by atoms with Crippen LogP contribution in [0, 0.1) is 0 Å². The summed E-state index contributed by atoms with van der Waals surface area (Å²) in [5, 5.41) is 11.3. The predicted molar refractivity (Wildman–Crippen MR) is 129 cm³/mol. The van der Waals surface area contributed by atoms with Gasteiger partial charge in [-0.15, -0.1) is 0 Å². The largest absolute Gasteiger partial charge is 0.507 e. The minimum Gasteiger partial charge on any atom is -0.507 e. The average molecular weight is 448 g/mol. The minimum atomic E-state index is -0.603. The van der Waals surface area contributed by atoms with Crippen LogP contribution in [0.3, 0.4) is 0 Å². The maximum absolute atomic E-state index is 13.3. The van der Waals surface area contributed by atoms with Crippen molar-refractivity contribution in [2.75, 3.05) is 6.61 Å². The third-order valence-corrected chi connectivity index (χ3v) is 6.75. The van der Waals surface area contributed by atoms with E-state index in [1.807, 2.05) is 31.2 Å². The summed E-state index contributed by atoms with van der Waals surface area (Å²) in [4.78, 5) is 28.2. The van der Waals surface area contributed by atoms with Gasteiger partial charge in [0.1, 0.15) is 11.5 Å². The number of rotatable bonds is 7. The van der Waals surface area contributed by atoms with Gasteiger partial charge in [0, 0.05) is 11.6 Å². The van der Waals surface area contributed by atoms with Crippen molar-refractivity contribution in [3.8, 4) is 5.75 Å². The Labute approximate surface area is 196 Å². The van der Waals surface area contributed by atoms with Crippen molar-refractivity contribution in [2.45, 2.75) is 70.9 Å². The molecule has 1 N–H and O–H groups in total. The maximum atomic E-state index is 13.3. The highest BCUT2D eigenvalue weighted by molar-refractivity contribution is 6.46. The molecule has 0 spiro atoms. The number of amides is 1. The Balaban J connectivity index is 1.77. The number of aryl methyl sites for hydroxylation is 1. The van der Waals surface area contributed by atoms with E-state index < -0.39 is 17.7 Å². The fourth-order valence-corrected chi connectivity index (χ4v) is 4.93. The van der Waals surface area contributed by atoms with Crippen LogP contribution < -0.4 is 4.74 Å². The van der Waals surface area contributed by atoms with Crippen LogP contribution in [0.15, 0.2) is 54.1 Å². The van der Waals surface area contributed by atoms with E-state index in [1.165, 1.54) is 5.56 Å². The van der Waals surface area contributed by atoms with Gasteiger partial charge in [0.15, 0.2) is 0 Å². The normalized spacial score (nSPS) is 20.9. The van der Waals surface area contributed by atoms with Crippen LogP contribution in [0.2, 0.25) is 0 Å². The number of Topliss-reactive ketones (excluding diaryl/α,β-unsaturated/α-hetero) is 1. The van der Waals surface area contributed by atoms with E-state index in [2.05, 4.69) is 6.92 Å². The minimum absolute atomic E-state index is 0.0150. The van der Waals surface area contributed by atoms with Crippen molar-refractivity contribution in [1.82, 2.24) is 4.90 Å². The maximum Gasteiger partial charge on any atom is 0.295 e. The highest BCUT2D eigenvalue weighted by atomic mass is 16.5. The Morgan fingerprint density at radius 2 is 1.64 bits per heavy atom. The Kier molecular flexibility index (Phi) is 7.17. The van der Waals surface area contributed by atoms with E-state index in [0.717, 1.165) is 50.5 Å². The van der Waals surface area contributed by atoms with Crippen LogP contribution in [-0.4, -0.2) is 34.3 Å². The zero-order valence-corrected chi connectivity index (χ0v) is 19.5. The second-order valence-electron chi connectivity index (χ2n) is 8.97. The van der Waals surface area contributed by atoms with Crippen LogP contribution in [-0.2, 0) is 16.0 Å². The number of likely N-dealkylation sites (tertiary alicyclic amines) is 1. The number of ketones is 1. The summed E-state index contributed by atoms with van der Waals surface area (Å²) in [5.41, 5.74) is 2.74. The number of ether oxygens (including phenoxy) is 1. The van der Waals surface area contributed by atoms with E-state index in [9.17, 15) is 14.7 Å². The second kappa shape index (κ2) is 10.2. The molecule has 1 aliphatic heterocycles. The van der Waals surface area contributed by atoms with E-state index in [0.29, 0.717) is 17.9 Å². The molecule has 1 saturated carbocycles. The standard InChI is InChI=1S/C28H33NO4/c1-3-18-33-23-16-14-21(15-17-23)26(30)24-25(20-12-10-19(4-2)11-13-20)29(28(32)27(24)31)22-8-6-5-7-9-22/h10-17,22,25,30H,3-9,18H2,1-2H3/b26-24-. The highest BCUT2D eigenvalue weighted by Crippen LogP contribution is 2.43. The fraction of sp³-hybridized carbons (Fsp3) is 0.429. The molecule has 2 aromatic rings. The Hall–Kier alpha value is -3.08. The van der Waals surface area contributed by atoms with Gasteiger partial charge in [0.2, 0.25) is 0 Å². The molecule has 1 aliphatic carbocycles. The molecule has 5 nitrogen and oxygen atoms in total. The van der Waals surface area contributed by atoms with Crippen molar-refractivity contribution in [1.29, 1.82) is 0 Å². The van der Waals surface area contributed by atoms with E-state index >= 15 is 0 Å². The zero-order valence-electron chi connectivity index (χ0n) is 19.5. The number of hydrogen-bond acceptors (Lipinski definition) is 4. The highest BCUT2D eigenvalue weighted by Gasteiger charge is 2.48. The van der Waals surface area contributed by atoms with Crippen LogP contribution >= 0.6 is 0 Å². The van der Waals surface area contributed by atoms with Crippen LogP contribution in [0.1, 0.15) is 75.1 Å². The molecule has 174 valence electrons. The van der Waals surface area contributed by atoms with Crippen molar-refractivity contribution in [2.24, 2.45) is 0 Å². The van der Waals surface area contributed by atoms with Gasteiger partial charge in [-0.1, -0.05) is 57.4 Å². The SMILES string of the molecule is CCCOc1ccc(/C(O)=C2/C(=O)C(=O)N(C3CCCCC3)C2c2ccc(CC)cc2)cc1. The summed E-state index contributed by atoms with van der Waals surface area (Å²) in [6, 6.07) is 14.5. The molecule has 0 radical (unpaired) electrons. The quantitative estimate of drug-likeness (QED) is 0.331. The van der Waals surface area contributed by atoms with Crippen LogP contribution in [0.5, 0.6) is 5.75 Å². The molecule has 2 aromatic carbocycles. The lowest BCUT2D eigenvalue weighted by Gasteiger charge is -2.35. The molecule has 1 heterocycles. The number of benzene rings is 2. The molecule has 2 fully saturated rings. The Morgan fingerprint density at radius 3 is 2.24 bits per heavy atom. The summed E-state index contributed by atoms with van der Waals surface area (Å²) in [6.45, 7) is 4.75. The van der Waals surface area contributed by atoms with Crippen molar-refractivity contribution in [3.63, 3.8) is 0 Å². The predicted octanol–water partition coefficient (Wildman–Crippen LogP) is 5.79. The smallest absolute Gasteiger partial charge is 0.295 e. The summed E-state index contributed by atoms with van der Waals surface area (Å²) < 4.78 is 5.64. The topological polar surface area (TPSA) is 66.8 Å². The first kappa shape index (κ1) is 23.1. The van der Waals surface area contributed by atoms with Gasteiger partial charge in [0.25, 0.3) is 11.7 Å². The number of nitrogens with zero attached hydrogens (tertiary/aromatic N) is 1. The average Bonchev–Trinajstić information content (AvgIpc) is 3.13. The molecular weight excluding hydrogens is 414 g/mol. The molecular formula is C28H33NO4. The van der Waals surface area contributed by atoms with Gasteiger partial charge >= 0.3 is 0 Å². The zero-order chi connectivity index (χ0) is 23.4. The van der Waals surface area contributed by atoms with Crippen molar-refractivity contribution >= 4 is 17.4 Å². The second-order valence-corrected chi connectivity index (χ2v) is 8.97. The molecule has 4 rings (SSSR count). The van der Waals surface area contributed by atoms with Gasteiger partial charge in [-0.25, -0.2) is 0 Å². The monoisotopic (exact) mass is 447 g/mol. The molecule has 2 aliphatic rings. The molecule has 33 heavy (non-hydrogen) atoms. The molecule has 0 bridgehead atoms. The van der Waals surface area contributed by atoms with E-state index in [-0.39, 0.29) is 17.4 Å². The lowest BCUT2D eigenvalue weighted by molar-refractivity contribution is -0.141. The number of hydrogen-bond donors (Lipinski definition) is 1.